The average molecular weight is 388 g/mol. The fraction of sp³-hybridized carbons (Fsp3) is 0.500. The second-order valence-electron chi connectivity index (χ2n) is 6.25. The molecule has 2 aromatic heterocycles. The van der Waals surface area contributed by atoms with Gasteiger partial charge in [-0.2, -0.15) is 5.26 Å². The van der Waals surface area contributed by atoms with Crippen LogP contribution in [0.1, 0.15) is 54.4 Å². The summed E-state index contributed by atoms with van der Waals surface area (Å²) < 4.78 is 0. The molecule has 2 heterocycles. The molecule has 0 saturated carbocycles. The fourth-order valence-corrected chi connectivity index (χ4v) is 4.54. The largest absolute Gasteiger partial charge is 0.300 e. The highest BCUT2D eigenvalue weighted by Crippen LogP contribution is 2.31. The maximum Gasteiger partial charge on any atom is 0.239 e. The number of nitriles is 1. The number of hydrogen-bond donors (Lipinski definition) is 1. The maximum atomic E-state index is 12.6. The molecule has 6 nitrogen and oxygen atoms in total. The van der Waals surface area contributed by atoms with Gasteiger partial charge in [0, 0.05) is 5.69 Å². The van der Waals surface area contributed by atoms with E-state index in [2.05, 4.69) is 21.6 Å². The standard InChI is InChI=1S/C18H21N5OS2/c1-3-15(16(24)21-18-23-22-11(2)25-18)26-17-13(10-19)9-12-7-5-4-6-8-14(12)20-17/h9,15H,3-8H2,1-2H3,(H,21,23,24). The third-order valence-electron chi connectivity index (χ3n) is 4.31. The first-order valence-corrected chi connectivity index (χ1v) is 10.5. The summed E-state index contributed by atoms with van der Waals surface area (Å²) in [4.78, 5) is 17.4. The molecule has 1 unspecified atom stereocenters. The number of anilines is 1. The molecule has 136 valence electrons. The summed E-state index contributed by atoms with van der Waals surface area (Å²) in [5.41, 5.74) is 2.83. The molecule has 26 heavy (non-hydrogen) atoms. The summed E-state index contributed by atoms with van der Waals surface area (Å²) in [5, 5.41) is 21.8. The number of hydrogen-bond acceptors (Lipinski definition) is 7. The van der Waals surface area contributed by atoms with E-state index in [1.807, 2.05) is 19.9 Å². The Labute approximate surface area is 161 Å². The van der Waals surface area contributed by atoms with Crippen molar-refractivity contribution in [3.63, 3.8) is 0 Å². The summed E-state index contributed by atoms with van der Waals surface area (Å²) in [5.74, 6) is -0.130. The average Bonchev–Trinajstić information content (AvgIpc) is 2.91. The maximum absolute atomic E-state index is 12.6. The SMILES string of the molecule is CCC(Sc1nc2c(cc1C#N)CCCCC2)C(=O)Nc1nnc(C)s1. The van der Waals surface area contributed by atoms with Gasteiger partial charge in [-0.3, -0.25) is 10.1 Å². The molecule has 1 aliphatic carbocycles. The number of carbonyl (C=O) groups is 1. The van der Waals surface area contributed by atoms with Crippen LogP contribution in [-0.4, -0.2) is 26.3 Å². The Morgan fingerprint density at radius 2 is 2.19 bits per heavy atom. The van der Waals surface area contributed by atoms with Crippen molar-refractivity contribution in [3.05, 3.63) is 27.9 Å². The molecule has 8 heteroatoms. The molecule has 3 rings (SSSR count). The lowest BCUT2D eigenvalue weighted by molar-refractivity contribution is -0.115. The van der Waals surface area contributed by atoms with Crippen molar-refractivity contribution in [2.45, 2.75) is 62.6 Å². The number of rotatable bonds is 5. The van der Waals surface area contributed by atoms with Crippen LogP contribution in [0.15, 0.2) is 11.1 Å². The van der Waals surface area contributed by atoms with Crippen molar-refractivity contribution in [2.24, 2.45) is 0 Å². The highest BCUT2D eigenvalue weighted by atomic mass is 32.2. The van der Waals surface area contributed by atoms with Crippen LogP contribution in [0.4, 0.5) is 5.13 Å². The van der Waals surface area contributed by atoms with Gasteiger partial charge in [0.1, 0.15) is 16.1 Å². The summed E-state index contributed by atoms with van der Waals surface area (Å²) in [6, 6.07) is 4.22. The molecule has 0 bridgehead atoms. The number of pyridine rings is 1. The Bertz CT molecular complexity index is 843. The van der Waals surface area contributed by atoms with Gasteiger partial charge in [0.15, 0.2) is 0 Å². The quantitative estimate of drug-likeness (QED) is 0.618. The second-order valence-corrected chi connectivity index (χ2v) is 8.62. The number of fused-ring (bicyclic) bond motifs is 1. The van der Waals surface area contributed by atoms with Gasteiger partial charge in [0.2, 0.25) is 11.0 Å². The molecule has 0 radical (unpaired) electrons. The Morgan fingerprint density at radius 1 is 1.38 bits per heavy atom. The summed E-state index contributed by atoms with van der Waals surface area (Å²) in [7, 11) is 0. The number of amides is 1. The molecule has 0 spiro atoms. The third-order valence-corrected chi connectivity index (χ3v) is 6.43. The Balaban J connectivity index is 1.80. The van der Waals surface area contributed by atoms with E-state index in [1.54, 1.807) is 0 Å². The first kappa shape index (κ1) is 18.8. The van der Waals surface area contributed by atoms with E-state index in [-0.39, 0.29) is 11.2 Å². The predicted octanol–water partition coefficient (Wildman–Crippen LogP) is 3.89. The molecule has 1 atom stereocenters. The van der Waals surface area contributed by atoms with Crippen molar-refractivity contribution >= 4 is 34.1 Å². The number of nitrogens with zero attached hydrogens (tertiary/aromatic N) is 4. The Hall–Kier alpha value is -1.98. The van der Waals surface area contributed by atoms with Gasteiger partial charge in [-0.1, -0.05) is 36.4 Å². The molecular formula is C18H21N5OS2. The van der Waals surface area contributed by atoms with Crippen molar-refractivity contribution < 1.29 is 4.79 Å². The second kappa shape index (κ2) is 8.60. The molecular weight excluding hydrogens is 366 g/mol. The Kier molecular flexibility index (Phi) is 6.22. The lowest BCUT2D eigenvalue weighted by Crippen LogP contribution is -2.24. The molecule has 2 aromatic rings. The van der Waals surface area contributed by atoms with Crippen LogP contribution in [0, 0.1) is 18.3 Å². The normalized spacial score (nSPS) is 14.8. The van der Waals surface area contributed by atoms with E-state index < -0.39 is 0 Å². The van der Waals surface area contributed by atoms with Gasteiger partial charge < -0.3 is 0 Å². The van der Waals surface area contributed by atoms with E-state index in [0.717, 1.165) is 36.4 Å². The van der Waals surface area contributed by atoms with Gasteiger partial charge in [-0.05, 0) is 50.7 Å². The zero-order valence-corrected chi connectivity index (χ0v) is 16.5. The molecule has 1 amide bonds. The lowest BCUT2D eigenvalue weighted by Gasteiger charge is -2.15. The number of nitrogens with one attached hydrogen (secondary N) is 1. The van der Waals surface area contributed by atoms with Crippen LogP contribution in [0.3, 0.4) is 0 Å². The van der Waals surface area contributed by atoms with E-state index >= 15 is 0 Å². The minimum absolute atomic E-state index is 0.130. The van der Waals surface area contributed by atoms with Crippen molar-refractivity contribution in [1.29, 1.82) is 5.26 Å². The van der Waals surface area contributed by atoms with Gasteiger partial charge in [0.05, 0.1) is 10.8 Å². The smallest absolute Gasteiger partial charge is 0.239 e. The highest BCUT2D eigenvalue weighted by molar-refractivity contribution is 8.00. The van der Waals surface area contributed by atoms with Gasteiger partial charge in [-0.15, -0.1) is 10.2 Å². The molecule has 1 N–H and O–H groups in total. The zero-order valence-electron chi connectivity index (χ0n) is 14.9. The molecule has 0 aliphatic heterocycles. The van der Waals surface area contributed by atoms with Crippen LogP contribution >= 0.6 is 23.1 Å². The zero-order chi connectivity index (χ0) is 18.5. The first-order chi connectivity index (χ1) is 12.6. The molecule has 0 fully saturated rings. The Morgan fingerprint density at radius 3 is 2.88 bits per heavy atom. The minimum atomic E-state index is -0.331. The summed E-state index contributed by atoms with van der Waals surface area (Å²) in [6.07, 6.45) is 6.04. The molecule has 0 aromatic carbocycles. The summed E-state index contributed by atoms with van der Waals surface area (Å²) >= 11 is 2.71. The summed E-state index contributed by atoms with van der Waals surface area (Å²) in [6.45, 7) is 3.80. The van der Waals surface area contributed by atoms with Gasteiger partial charge in [-0.25, -0.2) is 4.98 Å². The van der Waals surface area contributed by atoms with E-state index in [0.29, 0.717) is 22.1 Å². The van der Waals surface area contributed by atoms with Gasteiger partial charge in [0.25, 0.3) is 0 Å². The number of carbonyl (C=O) groups excluding carboxylic acids is 1. The van der Waals surface area contributed by atoms with Crippen LogP contribution in [-0.2, 0) is 17.6 Å². The predicted molar refractivity (Wildman–Crippen MR) is 103 cm³/mol. The van der Waals surface area contributed by atoms with Crippen LogP contribution in [0.5, 0.6) is 0 Å². The van der Waals surface area contributed by atoms with Crippen LogP contribution in [0.25, 0.3) is 0 Å². The fourth-order valence-electron chi connectivity index (χ4n) is 2.95. The first-order valence-electron chi connectivity index (χ1n) is 8.81. The lowest BCUT2D eigenvalue weighted by atomic mass is 10.1. The molecule has 1 aliphatic rings. The van der Waals surface area contributed by atoms with Crippen molar-refractivity contribution in [2.75, 3.05) is 5.32 Å². The van der Waals surface area contributed by atoms with Crippen LogP contribution < -0.4 is 5.32 Å². The number of thioether (sulfide) groups is 1. The highest BCUT2D eigenvalue weighted by Gasteiger charge is 2.23. The topological polar surface area (TPSA) is 91.6 Å². The van der Waals surface area contributed by atoms with Crippen molar-refractivity contribution in [3.8, 4) is 6.07 Å². The number of aromatic nitrogens is 3. The third kappa shape index (κ3) is 4.40. The van der Waals surface area contributed by atoms with Gasteiger partial charge >= 0.3 is 0 Å². The van der Waals surface area contributed by atoms with Crippen LogP contribution in [0.2, 0.25) is 0 Å². The van der Waals surface area contributed by atoms with Crippen molar-refractivity contribution in [1.82, 2.24) is 15.2 Å². The molecule has 0 saturated heterocycles. The van der Waals surface area contributed by atoms with E-state index in [4.69, 9.17) is 4.98 Å². The number of aryl methyl sites for hydroxylation is 3. The van der Waals surface area contributed by atoms with E-state index in [1.165, 1.54) is 35.1 Å². The monoisotopic (exact) mass is 387 g/mol. The minimum Gasteiger partial charge on any atom is -0.300 e. The van der Waals surface area contributed by atoms with E-state index in [9.17, 15) is 10.1 Å².